The van der Waals surface area contributed by atoms with Gasteiger partial charge in [0.15, 0.2) is 0 Å². The van der Waals surface area contributed by atoms with Crippen LogP contribution < -0.4 is 10.0 Å². The zero-order chi connectivity index (χ0) is 13.8. The van der Waals surface area contributed by atoms with Crippen LogP contribution in [0.3, 0.4) is 0 Å². The Hall–Kier alpha value is -2.09. The molecule has 0 saturated heterocycles. The highest BCUT2D eigenvalue weighted by Crippen LogP contribution is 2.16. The summed E-state index contributed by atoms with van der Waals surface area (Å²) in [5.74, 6) is -1.92. The Morgan fingerprint density at radius 1 is 1.28 bits per heavy atom. The normalized spacial score (nSPS) is 10.7. The van der Waals surface area contributed by atoms with Crippen molar-refractivity contribution in [2.75, 3.05) is 16.3 Å². The molecule has 1 amide bonds. The summed E-state index contributed by atoms with van der Waals surface area (Å²) in [6.45, 7) is 0. The van der Waals surface area contributed by atoms with E-state index in [-0.39, 0.29) is 5.69 Å². The first kappa shape index (κ1) is 14.0. The van der Waals surface area contributed by atoms with Crippen molar-refractivity contribution >= 4 is 33.3 Å². The molecule has 0 spiro atoms. The molecule has 1 aromatic carbocycles. The van der Waals surface area contributed by atoms with Gasteiger partial charge in [-0.15, -0.1) is 0 Å². The molecule has 0 atom stereocenters. The molecule has 0 bridgehead atoms. The molecule has 0 aliphatic rings. The summed E-state index contributed by atoms with van der Waals surface area (Å²) < 4.78 is 24.2. The summed E-state index contributed by atoms with van der Waals surface area (Å²) in [7, 11) is -3.40. The number of hydrogen-bond acceptors (Lipinski definition) is 4. The number of carbonyl (C=O) groups excluding carboxylic acids is 1. The summed E-state index contributed by atoms with van der Waals surface area (Å²) in [5, 5.41) is 10.8. The van der Waals surface area contributed by atoms with Crippen LogP contribution in [0.5, 0.6) is 0 Å². The van der Waals surface area contributed by atoms with E-state index in [0.29, 0.717) is 5.69 Å². The molecule has 0 fully saturated rings. The third-order valence-electron chi connectivity index (χ3n) is 1.76. The molecule has 0 heterocycles. The van der Waals surface area contributed by atoms with E-state index in [4.69, 9.17) is 5.11 Å². The highest BCUT2D eigenvalue weighted by Gasteiger charge is 2.08. The first-order chi connectivity index (χ1) is 8.26. The maximum atomic E-state index is 11.2. The number of carboxylic acids is 1. The molecule has 0 aliphatic heterocycles. The van der Waals surface area contributed by atoms with Crippen molar-refractivity contribution in [2.24, 2.45) is 0 Å². The van der Waals surface area contributed by atoms with E-state index in [0.717, 1.165) is 6.26 Å². The van der Waals surface area contributed by atoms with Crippen LogP contribution >= 0.6 is 0 Å². The lowest BCUT2D eigenvalue weighted by molar-refractivity contribution is -0.139. The standard InChI is InChI=1S/C10H12N2O5S/c1-18(16,17)12-8-4-2-3-7(5-8)11-9(13)6-10(14)15/h2-5,12H,6H2,1H3,(H,11,13)(H,14,15). The van der Waals surface area contributed by atoms with Crippen molar-refractivity contribution in [3.05, 3.63) is 24.3 Å². The van der Waals surface area contributed by atoms with Crippen LogP contribution in [0.1, 0.15) is 6.42 Å². The lowest BCUT2D eigenvalue weighted by Crippen LogP contribution is -2.16. The lowest BCUT2D eigenvalue weighted by atomic mass is 10.2. The van der Waals surface area contributed by atoms with Gasteiger partial charge in [0.2, 0.25) is 15.9 Å². The average Bonchev–Trinajstić information content (AvgIpc) is 2.13. The number of carbonyl (C=O) groups is 2. The molecule has 0 aliphatic carbocycles. The molecular weight excluding hydrogens is 260 g/mol. The predicted molar refractivity (Wildman–Crippen MR) is 65.8 cm³/mol. The van der Waals surface area contributed by atoms with Crippen LogP contribution in [0.4, 0.5) is 11.4 Å². The topological polar surface area (TPSA) is 113 Å². The van der Waals surface area contributed by atoms with Crippen LogP contribution in [0.25, 0.3) is 0 Å². The number of anilines is 2. The second-order valence-electron chi connectivity index (χ2n) is 3.57. The Bertz CT molecular complexity index is 567. The Kier molecular flexibility index (Phi) is 4.27. The molecule has 0 aromatic heterocycles. The van der Waals surface area contributed by atoms with Crippen molar-refractivity contribution < 1.29 is 23.1 Å². The second-order valence-corrected chi connectivity index (χ2v) is 5.32. The van der Waals surface area contributed by atoms with E-state index in [1.165, 1.54) is 24.3 Å². The quantitative estimate of drug-likeness (QED) is 0.674. The number of benzene rings is 1. The summed E-state index contributed by atoms with van der Waals surface area (Å²) in [5.41, 5.74) is 0.598. The number of sulfonamides is 1. The molecule has 1 rings (SSSR count). The fraction of sp³-hybridized carbons (Fsp3) is 0.200. The minimum atomic E-state index is -3.40. The predicted octanol–water partition coefficient (Wildman–Crippen LogP) is 0.471. The number of nitrogens with one attached hydrogen (secondary N) is 2. The Morgan fingerprint density at radius 3 is 2.44 bits per heavy atom. The summed E-state index contributed by atoms with van der Waals surface area (Å²) >= 11 is 0. The first-order valence-electron chi connectivity index (χ1n) is 4.86. The molecule has 18 heavy (non-hydrogen) atoms. The number of carboxylic acid groups (broad SMARTS) is 1. The van der Waals surface area contributed by atoms with Crippen LogP contribution in [-0.4, -0.2) is 31.7 Å². The van der Waals surface area contributed by atoms with E-state index in [2.05, 4.69) is 10.0 Å². The number of rotatable bonds is 5. The van der Waals surface area contributed by atoms with Crippen molar-refractivity contribution in [3.63, 3.8) is 0 Å². The summed E-state index contributed by atoms with van der Waals surface area (Å²) in [6, 6.07) is 5.95. The zero-order valence-corrected chi connectivity index (χ0v) is 10.3. The van der Waals surface area contributed by atoms with Gasteiger partial charge in [0.1, 0.15) is 6.42 Å². The van der Waals surface area contributed by atoms with Gasteiger partial charge in [0, 0.05) is 5.69 Å². The van der Waals surface area contributed by atoms with Gasteiger partial charge in [-0.2, -0.15) is 0 Å². The van der Waals surface area contributed by atoms with E-state index < -0.39 is 28.3 Å². The third-order valence-corrected chi connectivity index (χ3v) is 2.37. The minimum absolute atomic E-state index is 0.283. The van der Waals surface area contributed by atoms with Gasteiger partial charge in [-0.05, 0) is 18.2 Å². The van der Waals surface area contributed by atoms with E-state index in [1.54, 1.807) is 0 Å². The molecule has 7 nitrogen and oxygen atoms in total. The van der Waals surface area contributed by atoms with Crippen molar-refractivity contribution in [1.29, 1.82) is 0 Å². The van der Waals surface area contributed by atoms with Gasteiger partial charge in [-0.1, -0.05) is 6.07 Å². The molecule has 1 aromatic rings. The average molecular weight is 272 g/mol. The van der Waals surface area contributed by atoms with Crippen molar-refractivity contribution in [2.45, 2.75) is 6.42 Å². The molecule has 98 valence electrons. The van der Waals surface area contributed by atoms with Crippen LogP contribution in [0, 0.1) is 0 Å². The van der Waals surface area contributed by atoms with Gasteiger partial charge >= 0.3 is 5.97 Å². The molecule has 8 heteroatoms. The molecular formula is C10H12N2O5S. The maximum absolute atomic E-state index is 11.2. The van der Waals surface area contributed by atoms with Crippen LogP contribution in [-0.2, 0) is 19.6 Å². The molecule has 3 N–H and O–H groups in total. The SMILES string of the molecule is CS(=O)(=O)Nc1cccc(NC(=O)CC(=O)O)c1. The van der Waals surface area contributed by atoms with E-state index in [1.807, 2.05) is 0 Å². The lowest BCUT2D eigenvalue weighted by Gasteiger charge is -2.07. The Balaban J connectivity index is 2.76. The minimum Gasteiger partial charge on any atom is -0.481 e. The highest BCUT2D eigenvalue weighted by atomic mass is 32.2. The van der Waals surface area contributed by atoms with Crippen LogP contribution in [0.15, 0.2) is 24.3 Å². The summed E-state index contributed by atoms with van der Waals surface area (Å²) in [6.07, 6.45) is 0.354. The number of amides is 1. The first-order valence-corrected chi connectivity index (χ1v) is 6.75. The monoisotopic (exact) mass is 272 g/mol. The van der Waals surface area contributed by atoms with Gasteiger partial charge in [-0.3, -0.25) is 14.3 Å². The Morgan fingerprint density at radius 2 is 1.89 bits per heavy atom. The summed E-state index contributed by atoms with van der Waals surface area (Å²) in [4.78, 5) is 21.5. The van der Waals surface area contributed by atoms with E-state index in [9.17, 15) is 18.0 Å². The smallest absolute Gasteiger partial charge is 0.312 e. The largest absolute Gasteiger partial charge is 0.481 e. The molecule has 0 radical (unpaired) electrons. The fourth-order valence-corrected chi connectivity index (χ4v) is 1.77. The second kappa shape index (κ2) is 5.50. The van der Waals surface area contributed by atoms with Crippen LogP contribution in [0.2, 0.25) is 0 Å². The number of hydrogen-bond donors (Lipinski definition) is 3. The maximum Gasteiger partial charge on any atom is 0.312 e. The Labute approximate surface area is 104 Å². The molecule has 0 saturated carbocycles. The highest BCUT2D eigenvalue weighted by molar-refractivity contribution is 7.92. The van der Waals surface area contributed by atoms with Crippen molar-refractivity contribution in [1.82, 2.24) is 0 Å². The third kappa shape index (κ3) is 5.30. The van der Waals surface area contributed by atoms with Gasteiger partial charge in [0.25, 0.3) is 0 Å². The van der Waals surface area contributed by atoms with E-state index >= 15 is 0 Å². The zero-order valence-electron chi connectivity index (χ0n) is 9.50. The van der Waals surface area contributed by atoms with Crippen molar-refractivity contribution in [3.8, 4) is 0 Å². The van der Waals surface area contributed by atoms with Gasteiger partial charge in [0.05, 0.1) is 11.9 Å². The number of aliphatic carboxylic acids is 1. The van der Waals surface area contributed by atoms with Gasteiger partial charge in [-0.25, -0.2) is 8.42 Å². The van der Waals surface area contributed by atoms with Gasteiger partial charge < -0.3 is 10.4 Å². The molecule has 0 unspecified atom stereocenters. The fourth-order valence-electron chi connectivity index (χ4n) is 1.22.